The van der Waals surface area contributed by atoms with Crippen LogP contribution in [0.5, 0.6) is 17.2 Å². The van der Waals surface area contributed by atoms with Gasteiger partial charge < -0.3 is 25.3 Å². The van der Waals surface area contributed by atoms with E-state index in [9.17, 15) is 4.79 Å². The predicted molar refractivity (Wildman–Crippen MR) is 85.7 cm³/mol. The first-order valence-electron chi connectivity index (χ1n) is 7.33. The summed E-state index contributed by atoms with van der Waals surface area (Å²) >= 11 is 0. The van der Waals surface area contributed by atoms with Crippen molar-refractivity contribution in [2.45, 2.75) is 32.2 Å². The zero-order chi connectivity index (χ0) is 16.5. The van der Waals surface area contributed by atoms with Crippen molar-refractivity contribution >= 4 is 5.91 Å². The lowest BCUT2D eigenvalue weighted by atomic mass is 10.1. The molecule has 0 heterocycles. The third-order valence-electron chi connectivity index (χ3n) is 3.33. The van der Waals surface area contributed by atoms with Gasteiger partial charge in [-0.05, 0) is 31.4 Å². The van der Waals surface area contributed by atoms with Crippen molar-refractivity contribution in [2.24, 2.45) is 5.73 Å². The zero-order valence-corrected chi connectivity index (χ0v) is 13.8. The summed E-state index contributed by atoms with van der Waals surface area (Å²) < 4.78 is 16.0. The molecule has 0 aliphatic rings. The predicted octanol–water partition coefficient (Wildman–Crippen LogP) is 1.50. The number of amides is 1. The molecule has 124 valence electrons. The van der Waals surface area contributed by atoms with E-state index in [1.165, 1.54) is 0 Å². The third kappa shape index (κ3) is 5.11. The van der Waals surface area contributed by atoms with Gasteiger partial charge in [-0.1, -0.05) is 6.07 Å². The van der Waals surface area contributed by atoms with Crippen LogP contribution in [0.3, 0.4) is 0 Å². The Kier molecular flexibility index (Phi) is 7.52. The maximum atomic E-state index is 11.8. The van der Waals surface area contributed by atoms with Crippen LogP contribution in [0.1, 0.15) is 25.3 Å². The van der Waals surface area contributed by atoms with Crippen LogP contribution in [-0.2, 0) is 11.2 Å². The van der Waals surface area contributed by atoms with Crippen LogP contribution in [0, 0.1) is 0 Å². The number of nitrogens with one attached hydrogen (secondary N) is 1. The number of ether oxygens (including phenoxy) is 3. The molecule has 0 saturated carbocycles. The van der Waals surface area contributed by atoms with E-state index in [0.29, 0.717) is 36.6 Å². The molecule has 0 radical (unpaired) electrons. The average Bonchev–Trinajstić information content (AvgIpc) is 2.51. The van der Waals surface area contributed by atoms with E-state index in [-0.39, 0.29) is 11.9 Å². The minimum absolute atomic E-state index is 0.00233. The number of benzene rings is 1. The number of nitrogens with two attached hydrogens (primary N) is 1. The molecule has 1 rings (SSSR count). The Morgan fingerprint density at radius 2 is 1.86 bits per heavy atom. The van der Waals surface area contributed by atoms with E-state index < -0.39 is 0 Å². The monoisotopic (exact) mass is 310 g/mol. The molecule has 1 aromatic rings. The van der Waals surface area contributed by atoms with Gasteiger partial charge in [-0.15, -0.1) is 0 Å². The fourth-order valence-electron chi connectivity index (χ4n) is 2.14. The highest BCUT2D eigenvalue weighted by Crippen LogP contribution is 2.40. The lowest BCUT2D eigenvalue weighted by Gasteiger charge is -2.15. The molecular weight excluding hydrogens is 284 g/mol. The number of aryl methyl sites for hydroxylation is 1. The highest BCUT2D eigenvalue weighted by molar-refractivity contribution is 5.76. The van der Waals surface area contributed by atoms with E-state index >= 15 is 0 Å². The molecule has 1 unspecified atom stereocenters. The third-order valence-corrected chi connectivity index (χ3v) is 3.33. The molecule has 1 aromatic carbocycles. The molecule has 0 saturated heterocycles. The maximum absolute atomic E-state index is 11.8. The standard InChI is InChI=1S/C16H26N2O4/c1-11(17)9-10-18-14(19)8-6-12-5-7-13(20-2)16(22-4)15(12)21-3/h5,7,11H,6,8-10,17H2,1-4H3,(H,18,19). The topological polar surface area (TPSA) is 82.8 Å². The normalized spacial score (nSPS) is 11.7. The van der Waals surface area contributed by atoms with Crippen LogP contribution in [0.2, 0.25) is 0 Å². The number of hydrogen-bond acceptors (Lipinski definition) is 5. The van der Waals surface area contributed by atoms with Gasteiger partial charge >= 0.3 is 0 Å². The molecule has 0 aliphatic heterocycles. The first-order chi connectivity index (χ1) is 10.5. The Balaban J connectivity index is 2.67. The Morgan fingerprint density at radius 1 is 1.18 bits per heavy atom. The Labute approximate surface area is 131 Å². The second-order valence-electron chi connectivity index (χ2n) is 5.11. The van der Waals surface area contributed by atoms with Crippen LogP contribution in [0.4, 0.5) is 0 Å². The van der Waals surface area contributed by atoms with Gasteiger partial charge in [0, 0.05) is 19.0 Å². The van der Waals surface area contributed by atoms with E-state index in [4.69, 9.17) is 19.9 Å². The summed E-state index contributed by atoms with van der Waals surface area (Å²) in [5.41, 5.74) is 6.55. The van der Waals surface area contributed by atoms with Crippen molar-refractivity contribution < 1.29 is 19.0 Å². The second kappa shape index (κ2) is 9.15. The SMILES string of the molecule is COc1ccc(CCC(=O)NCCC(C)N)c(OC)c1OC. The van der Waals surface area contributed by atoms with Crippen molar-refractivity contribution in [3.05, 3.63) is 17.7 Å². The van der Waals surface area contributed by atoms with Gasteiger partial charge in [0.25, 0.3) is 0 Å². The summed E-state index contributed by atoms with van der Waals surface area (Å²) in [4.78, 5) is 11.8. The van der Waals surface area contributed by atoms with Gasteiger partial charge in [-0.2, -0.15) is 0 Å². The van der Waals surface area contributed by atoms with Crippen molar-refractivity contribution in [1.29, 1.82) is 0 Å². The highest BCUT2D eigenvalue weighted by atomic mass is 16.5. The van der Waals surface area contributed by atoms with Crippen LogP contribution >= 0.6 is 0 Å². The van der Waals surface area contributed by atoms with Gasteiger partial charge in [0.1, 0.15) is 0 Å². The minimum atomic E-state index is -0.00233. The van der Waals surface area contributed by atoms with Crippen molar-refractivity contribution in [1.82, 2.24) is 5.32 Å². The highest BCUT2D eigenvalue weighted by Gasteiger charge is 2.16. The second-order valence-corrected chi connectivity index (χ2v) is 5.11. The summed E-state index contributed by atoms with van der Waals surface area (Å²) in [5, 5.41) is 2.86. The smallest absolute Gasteiger partial charge is 0.220 e. The zero-order valence-electron chi connectivity index (χ0n) is 13.8. The number of hydrogen-bond donors (Lipinski definition) is 2. The first-order valence-corrected chi connectivity index (χ1v) is 7.33. The minimum Gasteiger partial charge on any atom is -0.493 e. The molecule has 0 fully saturated rings. The molecule has 3 N–H and O–H groups in total. The summed E-state index contributed by atoms with van der Waals surface area (Å²) in [6, 6.07) is 3.78. The average molecular weight is 310 g/mol. The van der Waals surface area contributed by atoms with Crippen molar-refractivity contribution in [2.75, 3.05) is 27.9 Å². The van der Waals surface area contributed by atoms with Crippen molar-refractivity contribution in [3.8, 4) is 17.2 Å². The fourth-order valence-corrected chi connectivity index (χ4v) is 2.14. The molecular formula is C16H26N2O4. The number of carbonyl (C=O) groups excluding carboxylic acids is 1. The fraction of sp³-hybridized carbons (Fsp3) is 0.562. The molecule has 6 nitrogen and oxygen atoms in total. The number of methoxy groups -OCH3 is 3. The van der Waals surface area contributed by atoms with Gasteiger partial charge in [0.05, 0.1) is 21.3 Å². The van der Waals surface area contributed by atoms with Crippen LogP contribution in [0.15, 0.2) is 12.1 Å². The Bertz CT molecular complexity index is 489. The van der Waals surface area contributed by atoms with Gasteiger partial charge in [-0.3, -0.25) is 4.79 Å². The number of carbonyl (C=O) groups is 1. The van der Waals surface area contributed by atoms with Gasteiger partial charge in [0.15, 0.2) is 11.5 Å². The summed E-state index contributed by atoms with van der Waals surface area (Å²) in [7, 11) is 4.71. The first kappa shape index (κ1) is 18.1. The molecule has 22 heavy (non-hydrogen) atoms. The van der Waals surface area contributed by atoms with E-state index in [0.717, 1.165) is 12.0 Å². The molecule has 0 bridgehead atoms. The quantitative estimate of drug-likeness (QED) is 0.722. The van der Waals surface area contributed by atoms with Crippen LogP contribution in [0.25, 0.3) is 0 Å². The van der Waals surface area contributed by atoms with Crippen LogP contribution in [-0.4, -0.2) is 39.8 Å². The van der Waals surface area contributed by atoms with Gasteiger partial charge in [0.2, 0.25) is 11.7 Å². The van der Waals surface area contributed by atoms with Gasteiger partial charge in [-0.25, -0.2) is 0 Å². The van der Waals surface area contributed by atoms with Crippen LogP contribution < -0.4 is 25.3 Å². The molecule has 1 atom stereocenters. The molecule has 6 heteroatoms. The summed E-state index contributed by atoms with van der Waals surface area (Å²) in [5.74, 6) is 1.74. The van der Waals surface area contributed by atoms with E-state index in [1.54, 1.807) is 21.3 Å². The lowest BCUT2D eigenvalue weighted by molar-refractivity contribution is -0.121. The summed E-state index contributed by atoms with van der Waals surface area (Å²) in [6.45, 7) is 2.51. The Hall–Kier alpha value is -1.95. The molecule has 0 aromatic heterocycles. The van der Waals surface area contributed by atoms with E-state index in [1.807, 2.05) is 19.1 Å². The van der Waals surface area contributed by atoms with Crippen molar-refractivity contribution in [3.63, 3.8) is 0 Å². The number of rotatable bonds is 9. The molecule has 0 spiro atoms. The molecule has 0 aliphatic carbocycles. The lowest BCUT2D eigenvalue weighted by Crippen LogP contribution is -2.29. The summed E-state index contributed by atoms with van der Waals surface area (Å²) in [6.07, 6.45) is 1.71. The largest absolute Gasteiger partial charge is 0.493 e. The maximum Gasteiger partial charge on any atom is 0.220 e. The molecule has 1 amide bonds. The van der Waals surface area contributed by atoms with E-state index in [2.05, 4.69) is 5.32 Å². The Morgan fingerprint density at radius 3 is 2.41 bits per heavy atom.